The molecule has 5 aromatic rings. The van der Waals surface area contributed by atoms with Crippen LogP contribution in [0.2, 0.25) is 0 Å². The molecule has 0 saturated carbocycles. The van der Waals surface area contributed by atoms with Gasteiger partial charge >= 0.3 is 6.36 Å². The summed E-state index contributed by atoms with van der Waals surface area (Å²) in [5.74, 6) is -1.80. The lowest BCUT2D eigenvalue weighted by molar-refractivity contribution is -0.274. The van der Waals surface area contributed by atoms with Crippen molar-refractivity contribution in [2.75, 3.05) is 36.6 Å². The predicted octanol–water partition coefficient (Wildman–Crippen LogP) is 6.28. The standard InChI is InChI=1S/C34H29F4N5O4S/c35-28-9-2-1-5-24(28)21-42-15-17-43(18-16-42)33(44)23-10-12-29(30(19-23)47-34(36,37)38)41-48(45,46)31-13-11-25(39)20-27(31)26-8-3-6-22-7-4-14-40-32(22)26/h1-14,19-20,41H,15-18,21,39H2. The molecule has 4 aromatic carbocycles. The number of benzene rings is 4. The minimum atomic E-state index is -5.19. The smallest absolute Gasteiger partial charge is 0.404 e. The number of halogens is 4. The highest BCUT2D eigenvalue weighted by Gasteiger charge is 2.34. The molecule has 0 atom stereocenters. The topological polar surface area (TPSA) is 118 Å². The van der Waals surface area contributed by atoms with E-state index in [2.05, 4.69) is 14.4 Å². The SMILES string of the molecule is Nc1ccc(S(=O)(=O)Nc2ccc(C(=O)N3CCN(Cc4ccccc4F)CC3)cc2OC(F)(F)F)c(-c2cccc3cccnc23)c1. The Morgan fingerprint density at radius 2 is 1.65 bits per heavy atom. The number of anilines is 2. The first-order chi connectivity index (χ1) is 22.9. The third kappa shape index (κ3) is 7.19. The number of para-hydroxylation sites is 1. The molecule has 3 N–H and O–H groups in total. The molecule has 0 bridgehead atoms. The summed E-state index contributed by atoms with van der Waals surface area (Å²) in [6, 6.07) is 22.3. The van der Waals surface area contributed by atoms with Crippen molar-refractivity contribution >= 4 is 38.2 Å². The molecule has 1 amide bonds. The van der Waals surface area contributed by atoms with Crippen molar-refractivity contribution in [1.82, 2.24) is 14.8 Å². The molecule has 1 saturated heterocycles. The summed E-state index contributed by atoms with van der Waals surface area (Å²) in [7, 11) is -4.55. The van der Waals surface area contributed by atoms with E-state index < -0.39 is 33.7 Å². The van der Waals surface area contributed by atoms with E-state index in [1.54, 1.807) is 54.7 Å². The molecule has 1 fully saturated rings. The third-order valence-corrected chi connectivity index (χ3v) is 9.35. The maximum Gasteiger partial charge on any atom is 0.573 e. The molecule has 9 nitrogen and oxygen atoms in total. The van der Waals surface area contributed by atoms with Crippen LogP contribution < -0.4 is 15.2 Å². The molecule has 1 aliphatic heterocycles. The van der Waals surface area contributed by atoms with Gasteiger partial charge in [-0.3, -0.25) is 19.4 Å². The number of ether oxygens (including phenoxy) is 1. The van der Waals surface area contributed by atoms with E-state index in [1.165, 1.54) is 35.2 Å². The Kier molecular flexibility index (Phi) is 8.95. The average Bonchev–Trinajstić information content (AvgIpc) is 3.05. The molecule has 2 heterocycles. The zero-order valence-corrected chi connectivity index (χ0v) is 26.1. The van der Waals surface area contributed by atoms with Gasteiger partial charge in [0, 0.05) is 72.2 Å². The van der Waals surface area contributed by atoms with Crippen LogP contribution in [0.4, 0.5) is 28.9 Å². The van der Waals surface area contributed by atoms with Crippen LogP contribution in [0.5, 0.6) is 5.75 Å². The number of hydrogen-bond donors (Lipinski definition) is 2. The Hall–Kier alpha value is -5.21. The van der Waals surface area contributed by atoms with E-state index in [-0.39, 0.29) is 40.6 Å². The average molecular weight is 680 g/mol. The Bertz CT molecular complexity index is 2100. The first-order valence-corrected chi connectivity index (χ1v) is 16.3. The number of carbonyl (C=O) groups excluding carboxylic acids is 1. The van der Waals surface area contributed by atoms with Gasteiger partial charge in [0.2, 0.25) is 0 Å². The maximum absolute atomic E-state index is 14.1. The molecule has 0 aliphatic carbocycles. The summed E-state index contributed by atoms with van der Waals surface area (Å²) < 4.78 is 88.7. The summed E-state index contributed by atoms with van der Waals surface area (Å²) in [5, 5.41) is 0.737. The van der Waals surface area contributed by atoms with Gasteiger partial charge < -0.3 is 15.4 Å². The number of nitrogen functional groups attached to an aromatic ring is 1. The fourth-order valence-corrected chi connectivity index (χ4v) is 6.90. The van der Waals surface area contributed by atoms with Crippen molar-refractivity contribution in [3.63, 3.8) is 0 Å². The molecule has 48 heavy (non-hydrogen) atoms. The quantitative estimate of drug-likeness (QED) is 0.146. The highest BCUT2D eigenvalue weighted by molar-refractivity contribution is 7.92. The van der Waals surface area contributed by atoms with Gasteiger partial charge in [-0.2, -0.15) is 0 Å². The van der Waals surface area contributed by atoms with E-state index >= 15 is 0 Å². The van der Waals surface area contributed by atoms with Gasteiger partial charge in [0.05, 0.1) is 16.1 Å². The second kappa shape index (κ2) is 13.1. The maximum atomic E-state index is 14.1. The molecule has 0 spiro atoms. The van der Waals surface area contributed by atoms with Crippen molar-refractivity contribution in [2.45, 2.75) is 17.8 Å². The number of pyridine rings is 1. The van der Waals surface area contributed by atoms with Crippen LogP contribution >= 0.6 is 0 Å². The molecule has 0 unspecified atom stereocenters. The molecule has 14 heteroatoms. The Labute approximate surface area is 273 Å². The lowest BCUT2D eigenvalue weighted by atomic mass is 10.0. The van der Waals surface area contributed by atoms with Crippen LogP contribution in [0.15, 0.2) is 102 Å². The van der Waals surface area contributed by atoms with Crippen molar-refractivity contribution < 1.29 is 35.5 Å². The Balaban J connectivity index is 1.26. The van der Waals surface area contributed by atoms with Crippen LogP contribution in [0, 0.1) is 5.82 Å². The summed E-state index contributed by atoms with van der Waals surface area (Å²) in [4.78, 5) is 20.9. The Morgan fingerprint density at radius 1 is 0.896 bits per heavy atom. The largest absolute Gasteiger partial charge is 0.573 e. The minimum absolute atomic E-state index is 0.130. The summed E-state index contributed by atoms with van der Waals surface area (Å²) in [5.41, 5.74) is 7.27. The summed E-state index contributed by atoms with van der Waals surface area (Å²) in [6.07, 6.45) is -3.64. The summed E-state index contributed by atoms with van der Waals surface area (Å²) >= 11 is 0. The number of rotatable bonds is 8. The lowest BCUT2D eigenvalue weighted by Crippen LogP contribution is -2.48. The zero-order chi connectivity index (χ0) is 34.1. The Morgan fingerprint density at radius 3 is 2.40 bits per heavy atom. The van der Waals surface area contributed by atoms with Gasteiger partial charge in [0.1, 0.15) is 5.82 Å². The molecular weight excluding hydrogens is 650 g/mol. The van der Waals surface area contributed by atoms with Crippen molar-refractivity contribution in [3.05, 3.63) is 114 Å². The number of nitrogens with two attached hydrogens (primary N) is 1. The van der Waals surface area contributed by atoms with E-state index in [0.29, 0.717) is 36.3 Å². The first kappa shape index (κ1) is 32.7. The summed E-state index contributed by atoms with van der Waals surface area (Å²) in [6.45, 7) is 1.68. The van der Waals surface area contributed by atoms with Crippen LogP contribution in [0.1, 0.15) is 15.9 Å². The fraction of sp³-hybridized carbons (Fsp3) is 0.176. The second-order valence-corrected chi connectivity index (χ2v) is 12.8. The molecule has 1 aliphatic rings. The predicted molar refractivity (Wildman–Crippen MR) is 173 cm³/mol. The van der Waals surface area contributed by atoms with Gasteiger partial charge in [-0.05, 0) is 48.5 Å². The molecule has 6 rings (SSSR count). The number of amides is 1. The number of hydrogen-bond acceptors (Lipinski definition) is 7. The number of carbonyl (C=O) groups is 1. The number of nitrogens with zero attached hydrogens (tertiary/aromatic N) is 3. The van der Waals surface area contributed by atoms with Crippen LogP contribution in [0.3, 0.4) is 0 Å². The number of fused-ring (bicyclic) bond motifs is 1. The first-order valence-electron chi connectivity index (χ1n) is 14.8. The molecule has 1 aromatic heterocycles. The van der Waals surface area contributed by atoms with Crippen molar-refractivity contribution in [1.29, 1.82) is 0 Å². The van der Waals surface area contributed by atoms with Crippen LogP contribution in [0.25, 0.3) is 22.0 Å². The lowest BCUT2D eigenvalue weighted by Gasteiger charge is -2.35. The van der Waals surface area contributed by atoms with Gasteiger partial charge in [-0.25, -0.2) is 12.8 Å². The van der Waals surface area contributed by atoms with E-state index in [1.807, 2.05) is 4.90 Å². The highest BCUT2D eigenvalue weighted by Crippen LogP contribution is 2.37. The molecular formula is C34H29F4N5O4S. The number of alkyl halides is 3. The number of piperazine rings is 1. The zero-order valence-electron chi connectivity index (χ0n) is 25.2. The number of nitrogens with one attached hydrogen (secondary N) is 1. The van der Waals surface area contributed by atoms with Gasteiger partial charge in [-0.1, -0.05) is 42.5 Å². The van der Waals surface area contributed by atoms with Gasteiger partial charge in [-0.15, -0.1) is 13.2 Å². The van der Waals surface area contributed by atoms with E-state index in [0.717, 1.165) is 17.5 Å². The second-order valence-electron chi connectivity index (χ2n) is 11.2. The van der Waals surface area contributed by atoms with Crippen molar-refractivity contribution in [3.8, 4) is 16.9 Å². The number of aromatic nitrogens is 1. The third-order valence-electron chi connectivity index (χ3n) is 7.93. The fourth-order valence-electron chi connectivity index (χ4n) is 5.62. The van der Waals surface area contributed by atoms with Gasteiger partial charge in [0.25, 0.3) is 15.9 Å². The minimum Gasteiger partial charge on any atom is -0.404 e. The normalized spacial score (nSPS) is 14.2. The molecule has 248 valence electrons. The van der Waals surface area contributed by atoms with Crippen molar-refractivity contribution in [2.24, 2.45) is 0 Å². The highest BCUT2D eigenvalue weighted by atomic mass is 32.2. The van der Waals surface area contributed by atoms with Crippen LogP contribution in [-0.4, -0.2) is 61.7 Å². The van der Waals surface area contributed by atoms with E-state index in [4.69, 9.17) is 5.73 Å². The monoisotopic (exact) mass is 679 g/mol. The van der Waals surface area contributed by atoms with E-state index in [9.17, 15) is 30.8 Å². The van der Waals surface area contributed by atoms with Crippen LogP contribution in [-0.2, 0) is 16.6 Å². The van der Waals surface area contributed by atoms with Gasteiger partial charge in [0.15, 0.2) is 5.75 Å². The number of sulfonamides is 1. The molecule has 0 radical (unpaired) electrons.